The lowest BCUT2D eigenvalue weighted by molar-refractivity contribution is -0.141. The highest BCUT2D eigenvalue weighted by atomic mass is 16.5. The summed E-state index contributed by atoms with van der Waals surface area (Å²) in [5.74, 6) is 5.95. The van der Waals surface area contributed by atoms with Gasteiger partial charge in [0.2, 0.25) is 5.91 Å². The minimum atomic E-state index is -0.387. The van der Waals surface area contributed by atoms with Crippen molar-refractivity contribution in [3.05, 3.63) is 59.2 Å². The average Bonchev–Trinajstić information content (AvgIpc) is 2.76. The van der Waals surface area contributed by atoms with E-state index in [1.807, 2.05) is 18.2 Å². The summed E-state index contributed by atoms with van der Waals surface area (Å²) in [5.41, 5.74) is 3.49. The fourth-order valence-electron chi connectivity index (χ4n) is 3.66. The summed E-state index contributed by atoms with van der Waals surface area (Å²) in [6, 6.07) is 12.9. The summed E-state index contributed by atoms with van der Waals surface area (Å²) >= 11 is 0. The molecule has 1 heterocycles. The molecular weight excluding hydrogens is 406 g/mol. The molecule has 0 saturated heterocycles. The lowest BCUT2D eigenvalue weighted by atomic mass is 9.77. The molecule has 6 nitrogen and oxygen atoms in total. The monoisotopic (exact) mass is 433 g/mol. The van der Waals surface area contributed by atoms with Crippen LogP contribution < -0.4 is 9.64 Å². The Morgan fingerprint density at radius 1 is 1.00 bits per heavy atom. The molecule has 0 spiro atoms. The Bertz CT molecular complexity index is 1090. The number of fused-ring (bicyclic) bond motifs is 1. The van der Waals surface area contributed by atoms with Crippen molar-refractivity contribution in [1.29, 1.82) is 0 Å². The number of amides is 1. The molecule has 166 valence electrons. The van der Waals surface area contributed by atoms with Crippen LogP contribution in [0.5, 0.6) is 5.75 Å². The van der Waals surface area contributed by atoms with E-state index in [0.717, 1.165) is 28.8 Å². The van der Waals surface area contributed by atoms with Crippen molar-refractivity contribution in [2.45, 2.75) is 45.4 Å². The number of hydrogen-bond donors (Lipinski definition) is 0. The van der Waals surface area contributed by atoms with Crippen LogP contribution in [0.2, 0.25) is 0 Å². The van der Waals surface area contributed by atoms with Gasteiger partial charge in [0.25, 0.3) is 0 Å². The number of esters is 2. The number of benzene rings is 2. The smallest absolute Gasteiger partial charge is 0.308 e. The standard InChI is InChI=1S/C26H27NO5/c1-18(28)32-21-10-7-19(8-11-21)5-6-20-9-12-23-22(17-20)26(2,3)15-16-27(23)24(29)13-14-25(30)31-4/h7-12,17H,13-16H2,1-4H3. The van der Waals surface area contributed by atoms with Gasteiger partial charge in [-0.15, -0.1) is 0 Å². The van der Waals surface area contributed by atoms with Crippen molar-refractivity contribution in [2.75, 3.05) is 18.6 Å². The maximum Gasteiger partial charge on any atom is 0.308 e. The molecule has 0 aromatic heterocycles. The molecule has 2 aromatic carbocycles. The average molecular weight is 434 g/mol. The first-order chi connectivity index (χ1) is 15.2. The van der Waals surface area contributed by atoms with E-state index in [4.69, 9.17) is 4.74 Å². The van der Waals surface area contributed by atoms with E-state index in [0.29, 0.717) is 12.3 Å². The van der Waals surface area contributed by atoms with E-state index in [9.17, 15) is 14.4 Å². The lowest BCUT2D eigenvalue weighted by Crippen LogP contribution is -2.41. The van der Waals surface area contributed by atoms with E-state index in [-0.39, 0.29) is 36.1 Å². The summed E-state index contributed by atoms with van der Waals surface area (Å²) in [5, 5.41) is 0. The van der Waals surface area contributed by atoms with Crippen molar-refractivity contribution in [1.82, 2.24) is 0 Å². The van der Waals surface area contributed by atoms with Crippen LogP contribution in [0.4, 0.5) is 5.69 Å². The fraction of sp³-hybridized carbons (Fsp3) is 0.346. The van der Waals surface area contributed by atoms with Gasteiger partial charge in [-0.2, -0.15) is 0 Å². The third-order valence-electron chi connectivity index (χ3n) is 5.52. The summed E-state index contributed by atoms with van der Waals surface area (Å²) in [4.78, 5) is 36.9. The molecule has 1 aliphatic heterocycles. The minimum absolute atomic E-state index is 0.0738. The Morgan fingerprint density at radius 3 is 2.31 bits per heavy atom. The highest BCUT2D eigenvalue weighted by Gasteiger charge is 2.33. The Morgan fingerprint density at radius 2 is 1.66 bits per heavy atom. The van der Waals surface area contributed by atoms with E-state index < -0.39 is 0 Å². The second-order valence-corrected chi connectivity index (χ2v) is 8.36. The molecule has 0 radical (unpaired) electrons. The SMILES string of the molecule is COC(=O)CCC(=O)N1CCC(C)(C)c2cc(C#Cc3ccc(OC(C)=O)cc3)ccc21. The molecular formula is C26H27NO5. The normalized spacial score (nSPS) is 13.9. The predicted molar refractivity (Wildman–Crippen MR) is 121 cm³/mol. The van der Waals surface area contributed by atoms with Gasteiger partial charge in [0.1, 0.15) is 5.75 Å². The molecule has 6 heteroatoms. The van der Waals surface area contributed by atoms with Gasteiger partial charge in [0.05, 0.1) is 13.5 Å². The molecule has 3 rings (SSSR count). The summed E-state index contributed by atoms with van der Waals surface area (Å²) < 4.78 is 9.68. The van der Waals surface area contributed by atoms with Crippen LogP contribution in [0.15, 0.2) is 42.5 Å². The van der Waals surface area contributed by atoms with Crippen molar-refractivity contribution in [3.63, 3.8) is 0 Å². The zero-order chi connectivity index (χ0) is 23.3. The highest BCUT2D eigenvalue weighted by Crippen LogP contribution is 2.40. The predicted octanol–water partition coefficient (Wildman–Crippen LogP) is 3.98. The van der Waals surface area contributed by atoms with Gasteiger partial charge >= 0.3 is 11.9 Å². The van der Waals surface area contributed by atoms with Crippen LogP contribution in [-0.4, -0.2) is 31.5 Å². The van der Waals surface area contributed by atoms with Crippen LogP contribution in [0.3, 0.4) is 0 Å². The first kappa shape index (κ1) is 23.1. The van der Waals surface area contributed by atoms with E-state index in [1.54, 1.807) is 29.2 Å². The zero-order valence-corrected chi connectivity index (χ0v) is 18.9. The Hall–Kier alpha value is -3.59. The van der Waals surface area contributed by atoms with Gasteiger partial charge in [-0.1, -0.05) is 25.7 Å². The van der Waals surface area contributed by atoms with Gasteiger partial charge in [-0.05, 0) is 59.9 Å². The van der Waals surface area contributed by atoms with Gasteiger partial charge in [-0.3, -0.25) is 14.4 Å². The van der Waals surface area contributed by atoms with Crippen molar-refractivity contribution < 1.29 is 23.9 Å². The van der Waals surface area contributed by atoms with Crippen LogP contribution in [-0.2, 0) is 24.5 Å². The minimum Gasteiger partial charge on any atom is -0.469 e. The second kappa shape index (κ2) is 9.69. The van der Waals surface area contributed by atoms with Crippen molar-refractivity contribution in [3.8, 4) is 17.6 Å². The van der Waals surface area contributed by atoms with Crippen LogP contribution in [0.25, 0.3) is 0 Å². The van der Waals surface area contributed by atoms with E-state index in [2.05, 4.69) is 30.4 Å². The summed E-state index contributed by atoms with van der Waals surface area (Å²) in [6.45, 7) is 6.29. The highest BCUT2D eigenvalue weighted by molar-refractivity contribution is 5.96. The molecule has 0 aliphatic carbocycles. The number of ether oxygens (including phenoxy) is 2. The van der Waals surface area contributed by atoms with Gasteiger partial charge in [0.15, 0.2) is 0 Å². The Labute approximate surface area is 188 Å². The maximum atomic E-state index is 12.7. The molecule has 2 aromatic rings. The van der Waals surface area contributed by atoms with E-state index >= 15 is 0 Å². The van der Waals surface area contributed by atoms with Crippen molar-refractivity contribution in [2.24, 2.45) is 0 Å². The first-order valence-corrected chi connectivity index (χ1v) is 10.5. The number of carbonyl (C=O) groups excluding carboxylic acids is 3. The Kier molecular flexibility index (Phi) is 6.99. The first-order valence-electron chi connectivity index (χ1n) is 10.5. The fourth-order valence-corrected chi connectivity index (χ4v) is 3.66. The summed E-state index contributed by atoms with van der Waals surface area (Å²) in [7, 11) is 1.32. The number of hydrogen-bond acceptors (Lipinski definition) is 5. The topological polar surface area (TPSA) is 72.9 Å². The van der Waals surface area contributed by atoms with E-state index in [1.165, 1.54) is 14.0 Å². The number of carbonyl (C=O) groups is 3. The molecule has 0 bridgehead atoms. The molecule has 0 fully saturated rings. The molecule has 0 atom stereocenters. The zero-order valence-electron chi connectivity index (χ0n) is 18.9. The second-order valence-electron chi connectivity index (χ2n) is 8.36. The molecule has 32 heavy (non-hydrogen) atoms. The summed E-state index contributed by atoms with van der Waals surface area (Å²) in [6.07, 6.45) is 1.01. The number of anilines is 1. The number of nitrogens with zero attached hydrogens (tertiary/aromatic N) is 1. The van der Waals surface area contributed by atoms with Crippen molar-refractivity contribution >= 4 is 23.5 Å². The molecule has 1 aliphatic rings. The number of rotatable bonds is 4. The molecule has 0 saturated carbocycles. The maximum absolute atomic E-state index is 12.7. The quantitative estimate of drug-likeness (QED) is 0.414. The van der Waals surface area contributed by atoms with Gasteiger partial charge in [0, 0.05) is 36.7 Å². The third-order valence-corrected chi connectivity index (χ3v) is 5.52. The third kappa shape index (κ3) is 5.55. The Balaban J connectivity index is 1.82. The van der Waals surface area contributed by atoms with Crippen LogP contribution in [0.1, 0.15) is 56.7 Å². The molecule has 1 amide bonds. The number of methoxy groups -OCH3 is 1. The van der Waals surface area contributed by atoms with Crippen LogP contribution >= 0.6 is 0 Å². The molecule has 0 unspecified atom stereocenters. The van der Waals surface area contributed by atoms with Gasteiger partial charge < -0.3 is 14.4 Å². The lowest BCUT2D eigenvalue weighted by Gasteiger charge is -2.39. The largest absolute Gasteiger partial charge is 0.469 e. The molecule has 0 N–H and O–H groups in total. The van der Waals surface area contributed by atoms with Gasteiger partial charge in [-0.25, -0.2) is 0 Å². The van der Waals surface area contributed by atoms with Crippen LogP contribution in [0, 0.1) is 11.8 Å².